The summed E-state index contributed by atoms with van der Waals surface area (Å²) in [5, 5.41) is 26.2. The highest BCUT2D eigenvalue weighted by atomic mass is 16.6. The second-order valence-corrected chi connectivity index (χ2v) is 8.11. The molecule has 5 aromatic rings. The minimum Gasteiger partial charge on any atom is -0.455 e. The first-order valence-electron chi connectivity index (χ1n) is 10.9. The SMILES string of the molecule is Cc1ccc(Nc2nc3nonc3nc2N/N=C\c2ccc(-c3cc(C)cc([N+](=O)[O-])c3C)o2)cc1. The van der Waals surface area contributed by atoms with Gasteiger partial charge in [0, 0.05) is 22.9 Å². The Labute approximate surface area is 204 Å². The molecule has 0 fully saturated rings. The Morgan fingerprint density at radius 2 is 1.67 bits per heavy atom. The van der Waals surface area contributed by atoms with Gasteiger partial charge in [-0.2, -0.15) is 10.1 Å². The number of hydrogen-bond donors (Lipinski definition) is 2. The van der Waals surface area contributed by atoms with E-state index in [0.717, 1.165) is 16.8 Å². The molecule has 0 aliphatic rings. The zero-order valence-corrected chi connectivity index (χ0v) is 19.5. The van der Waals surface area contributed by atoms with E-state index in [1.165, 1.54) is 6.21 Å². The number of hydrogen-bond acceptors (Lipinski definition) is 11. The number of nitrogens with one attached hydrogen (secondary N) is 2. The predicted molar refractivity (Wildman–Crippen MR) is 133 cm³/mol. The second kappa shape index (κ2) is 9.25. The fraction of sp³-hybridized carbons (Fsp3) is 0.125. The van der Waals surface area contributed by atoms with Crippen molar-refractivity contribution < 1.29 is 14.0 Å². The topological polar surface area (TPSA) is 157 Å². The Bertz CT molecular complexity index is 1600. The summed E-state index contributed by atoms with van der Waals surface area (Å²) in [5.74, 6) is 1.61. The molecule has 12 nitrogen and oxygen atoms in total. The van der Waals surface area contributed by atoms with Crippen molar-refractivity contribution in [3.8, 4) is 11.3 Å². The van der Waals surface area contributed by atoms with Gasteiger partial charge in [-0.25, -0.2) is 9.61 Å². The van der Waals surface area contributed by atoms with Crippen LogP contribution in [0.25, 0.3) is 22.6 Å². The smallest absolute Gasteiger partial charge is 0.273 e. The Morgan fingerprint density at radius 3 is 2.39 bits per heavy atom. The molecular weight excluding hydrogens is 464 g/mol. The van der Waals surface area contributed by atoms with Gasteiger partial charge in [0.05, 0.1) is 11.1 Å². The van der Waals surface area contributed by atoms with Crippen LogP contribution in [0.3, 0.4) is 0 Å². The summed E-state index contributed by atoms with van der Waals surface area (Å²) in [6.45, 7) is 5.50. The van der Waals surface area contributed by atoms with E-state index in [4.69, 9.17) is 9.05 Å². The zero-order valence-electron chi connectivity index (χ0n) is 19.5. The normalized spacial score (nSPS) is 11.3. The molecule has 0 bridgehead atoms. The van der Waals surface area contributed by atoms with E-state index in [9.17, 15) is 10.1 Å². The maximum Gasteiger partial charge on any atom is 0.273 e. The van der Waals surface area contributed by atoms with E-state index in [-0.39, 0.29) is 17.0 Å². The number of nitrogens with zero attached hydrogens (tertiary/aromatic N) is 6. The lowest BCUT2D eigenvalue weighted by molar-refractivity contribution is -0.385. The number of nitro groups is 1. The molecule has 180 valence electrons. The van der Waals surface area contributed by atoms with Gasteiger partial charge in [0.15, 0.2) is 11.6 Å². The Morgan fingerprint density at radius 1 is 0.944 bits per heavy atom. The first-order chi connectivity index (χ1) is 17.4. The standard InChI is InChI=1S/C24H20N8O4/c1-13-4-6-16(7-5-13)26-21-22(28-24-23(27-21)30-36-31-24)29-25-12-17-8-9-20(35-17)18-10-14(2)11-19(15(18)3)32(33)34/h4-12H,1-3H3,(H,26,27,30)(H,28,29,31)/b25-12-. The van der Waals surface area contributed by atoms with E-state index < -0.39 is 4.92 Å². The summed E-state index contributed by atoms with van der Waals surface area (Å²) < 4.78 is 10.6. The third-order valence-corrected chi connectivity index (χ3v) is 5.40. The molecule has 3 aromatic heterocycles. The van der Waals surface area contributed by atoms with Crippen LogP contribution in [0, 0.1) is 30.9 Å². The molecule has 0 saturated carbocycles. The van der Waals surface area contributed by atoms with Crippen molar-refractivity contribution in [2.75, 3.05) is 10.7 Å². The molecule has 0 amide bonds. The van der Waals surface area contributed by atoms with Crippen molar-refractivity contribution in [3.05, 3.63) is 81.1 Å². The molecule has 5 rings (SSSR count). The Balaban J connectivity index is 1.39. The molecule has 0 unspecified atom stereocenters. The molecule has 3 heterocycles. The fourth-order valence-electron chi connectivity index (χ4n) is 3.59. The highest BCUT2D eigenvalue weighted by Crippen LogP contribution is 2.32. The quantitative estimate of drug-likeness (QED) is 0.176. The van der Waals surface area contributed by atoms with E-state index >= 15 is 0 Å². The molecular formula is C24H20N8O4. The molecule has 12 heteroatoms. The molecule has 0 radical (unpaired) electrons. The number of anilines is 3. The number of benzene rings is 2. The highest BCUT2D eigenvalue weighted by molar-refractivity contribution is 5.81. The summed E-state index contributed by atoms with van der Waals surface area (Å²) in [7, 11) is 0. The monoisotopic (exact) mass is 484 g/mol. The molecule has 0 aliphatic heterocycles. The van der Waals surface area contributed by atoms with Gasteiger partial charge in [-0.1, -0.05) is 17.7 Å². The van der Waals surface area contributed by atoms with Gasteiger partial charge in [0.1, 0.15) is 11.5 Å². The maximum absolute atomic E-state index is 11.4. The van der Waals surface area contributed by atoms with Crippen LogP contribution < -0.4 is 10.7 Å². The van der Waals surface area contributed by atoms with Crippen LogP contribution in [-0.2, 0) is 0 Å². The minimum absolute atomic E-state index is 0.0446. The van der Waals surface area contributed by atoms with Crippen molar-refractivity contribution in [3.63, 3.8) is 0 Å². The zero-order chi connectivity index (χ0) is 25.2. The molecule has 2 N–H and O–H groups in total. The van der Waals surface area contributed by atoms with Crippen molar-refractivity contribution in [2.45, 2.75) is 20.8 Å². The lowest BCUT2D eigenvalue weighted by Crippen LogP contribution is -2.03. The van der Waals surface area contributed by atoms with Crippen LogP contribution >= 0.6 is 0 Å². The van der Waals surface area contributed by atoms with Gasteiger partial charge in [-0.15, -0.1) is 0 Å². The molecule has 0 saturated heterocycles. The lowest BCUT2D eigenvalue weighted by atomic mass is 10.0. The molecule has 36 heavy (non-hydrogen) atoms. The summed E-state index contributed by atoms with van der Waals surface area (Å²) in [6, 6.07) is 14.6. The van der Waals surface area contributed by atoms with Crippen LogP contribution in [0.5, 0.6) is 0 Å². The number of aryl methyl sites for hydroxylation is 2. The first kappa shape index (κ1) is 22.7. The van der Waals surface area contributed by atoms with Crippen molar-refractivity contribution in [1.29, 1.82) is 0 Å². The third kappa shape index (κ3) is 4.59. The molecule has 2 aromatic carbocycles. The van der Waals surface area contributed by atoms with Gasteiger partial charge < -0.3 is 9.73 Å². The fourth-order valence-corrected chi connectivity index (χ4v) is 3.59. The van der Waals surface area contributed by atoms with Gasteiger partial charge in [0.2, 0.25) is 11.3 Å². The van der Waals surface area contributed by atoms with Gasteiger partial charge in [-0.3, -0.25) is 15.5 Å². The number of hydrazone groups is 1. The van der Waals surface area contributed by atoms with Crippen LogP contribution in [0.2, 0.25) is 0 Å². The van der Waals surface area contributed by atoms with Crippen LogP contribution in [-0.4, -0.2) is 31.4 Å². The summed E-state index contributed by atoms with van der Waals surface area (Å²) in [5.41, 5.74) is 7.22. The largest absolute Gasteiger partial charge is 0.455 e. The Hall–Kier alpha value is -5.13. The number of nitro benzene ring substituents is 1. The molecule has 0 aliphatic carbocycles. The van der Waals surface area contributed by atoms with E-state index in [1.54, 1.807) is 32.0 Å². The van der Waals surface area contributed by atoms with Crippen molar-refractivity contribution >= 4 is 40.5 Å². The third-order valence-electron chi connectivity index (χ3n) is 5.40. The van der Waals surface area contributed by atoms with Crippen molar-refractivity contribution in [2.24, 2.45) is 5.10 Å². The molecule has 0 atom stereocenters. The summed E-state index contributed by atoms with van der Waals surface area (Å²) in [4.78, 5) is 19.8. The average Bonchev–Trinajstić information content (AvgIpc) is 3.51. The summed E-state index contributed by atoms with van der Waals surface area (Å²) >= 11 is 0. The van der Waals surface area contributed by atoms with Crippen LogP contribution in [0.15, 0.2) is 62.7 Å². The minimum atomic E-state index is -0.397. The maximum atomic E-state index is 11.4. The van der Waals surface area contributed by atoms with Gasteiger partial charge in [-0.05, 0) is 67.0 Å². The lowest BCUT2D eigenvalue weighted by Gasteiger charge is -2.09. The summed E-state index contributed by atoms with van der Waals surface area (Å²) in [6.07, 6.45) is 1.46. The van der Waals surface area contributed by atoms with E-state index in [0.29, 0.717) is 34.3 Å². The number of furan rings is 1. The Kier molecular flexibility index (Phi) is 5.82. The molecule has 0 spiro atoms. The van der Waals surface area contributed by atoms with E-state index in [2.05, 4.69) is 36.1 Å². The van der Waals surface area contributed by atoms with Crippen molar-refractivity contribution in [1.82, 2.24) is 20.3 Å². The second-order valence-electron chi connectivity index (χ2n) is 8.11. The highest BCUT2D eigenvalue weighted by Gasteiger charge is 2.18. The van der Waals surface area contributed by atoms with Crippen LogP contribution in [0.4, 0.5) is 23.0 Å². The number of fused-ring (bicyclic) bond motifs is 1. The van der Waals surface area contributed by atoms with Gasteiger partial charge >= 0.3 is 0 Å². The number of aromatic nitrogens is 4. The predicted octanol–water partition coefficient (Wildman–Crippen LogP) is 5.30. The van der Waals surface area contributed by atoms with Gasteiger partial charge in [0.25, 0.3) is 5.69 Å². The average molecular weight is 484 g/mol. The van der Waals surface area contributed by atoms with Crippen LogP contribution in [0.1, 0.15) is 22.5 Å². The van der Waals surface area contributed by atoms with E-state index in [1.807, 2.05) is 37.3 Å². The first-order valence-corrected chi connectivity index (χ1v) is 10.9. The number of rotatable bonds is 7.